The Balaban J connectivity index is 1.77. The molecule has 0 bridgehead atoms. The van der Waals surface area contributed by atoms with Gasteiger partial charge < -0.3 is 15.4 Å². The van der Waals surface area contributed by atoms with Crippen LogP contribution in [0.2, 0.25) is 0 Å². The van der Waals surface area contributed by atoms with E-state index in [4.69, 9.17) is 10.5 Å². The van der Waals surface area contributed by atoms with E-state index in [2.05, 4.69) is 25.6 Å². The number of aliphatic imine (C=N–C) groups is 2. The molecular formula is C13H18N6O. The van der Waals surface area contributed by atoms with E-state index in [9.17, 15) is 0 Å². The van der Waals surface area contributed by atoms with E-state index >= 15 is 0 Å². The Hall–Kier alpha value is -1.99. The van der Waals surface area contributed by atoms with E-state index in [1.165, 1.54) is 0 Å². The predicted molar refractivity (Wildman–Crippen MR) is 76.1 cm³/mol. The molecule has 1 aromatic rings. The zero-order valence-corrected chi connectivity index (χ0v) is 11.1. The van der Waals surface area contributed by atoms with Crippen molar-refractivity contribution >= 4 is 12.3 Å². The molecule has 0 saturated carbocycles. The predicted octanol–water partition coefficient (Wildman–Crippen LogP) is -0.0933. The zero-order valence-electron chi connectivity index (χ0n) is 11.1. The van der Waals surface area contributed by atoms with Crippen LogP contribution < -0.4 is 16.4 Å². The second-order valence-electron chi connectivity index (χ2n) is 4.88. The minimum Gasteiger partial charge on any atom is -0.379 e. The van der Waals surface area contributed by atoms with E-state index < -0.39 is 5.79 Å². The van der Waals surface area contributed by atoms with Gasteiger partial charge >= 0.3 is 0 Å². The van der Waals surface area contributed by atoms with Crippen molar-refractivity contribution in [1.82, 2.24) is 15.6 Å². The van der Waals surface area contributed by atoms with Crippen LogP contribution in [0.4, 0.5) is 0 Å². The number of hydrogen-bond acceptors (Lipinski definition) is 5. The zero-order chi connectivity index (χ0) is 13.8. The summed E-state index contributed by atoms with van der Waals surface area (Å²) in [6, 6.07) is 3.82. The van der Waals surface area contributed by atoms with E-state index in [0.717, 1.165) is 25.0 Å². The molecule has 1 aromatic heterocycles. The fraction of sp³-hybridized carbons (Fsp3) is 0.462. The van der Waals surface area contributed by atoms with Crippen molar-refractivity contribution in [2.45, 2.75) is 24.7 Å². The van der Waals surface area contributed by atoms with Gasteiger partial charge in [-0.25, -0.2) is 9.98 Å². The second-order valence-corrected chi connectivity index (χ2v) is 4.88. The van der Waals surface area contributed by atoms with Gasteiger partial charge in [0.25, 0.3) is 0 Å². The minimum absolute atomic E-state index is 0.159. The average Bonchev–Trinajstić information content (AvgIpc) is 2.49. The SMILES string of the molecule is NC1(c2ccncc2)N=CNC(=NC2CCCOC2)N1. The van der Waals surface area contributed by atoms with Gasteiger partial charge in [0, 0.05) is 24.6 Å². The second kappa shape index (κ2) is 5.56. The van der Waals surface area contributed by atoms with Gasteiger partial charge in [-0.05, 0) is 25.0 Å². The van der Waals surface area contributed by atoms with Gasteiger partial charge in [0.1, 0.15) is 0 Å². The summed E-state index contributed by atoms with van der Waals surface area (Å²) >= 11 is 0. The van der Waals surface area contributed by atoms with E-state index in [1.54, 1.807) is 18.7 Å². The fourth-order valence-electron chi connectivity index (χ4n) is 2.27. The number of rotatable bonds is 2. The summed E-state index contributed by atoms with van der Waals surface area (Å²) in [6.07, 6.45) is 7.01. The van der Waals surface area contributed by atoms with E-state index in [1.807, 2.05) is 12.1 Å². The molecule has 0 spiro atoms. The van der Waals surface area contributed by atoms with Gasteiger partial charge in [-0.15, -0.1) is 0 Å². The maximum atomic E-state index is 6.29. The average molecular weight is 274 g/mol. The summed E-state index contributed by atoms with van der Waals surface area (Å²) in [6.45, 7) is 1.47. The summed E-state index contributed by atoms with van der Waals surface area (Å²) < 4.78 is 5.42. The molecule has 3 heterocycles. The Morgan fingerprint density at radius 2 is 2.25 bits per heavy atom. The van der Waals surface area contributed by atoms with Crippen molar-refractivity contribution in [1.29, 1.82) is 0 Å². The number of nitrogens with two attached hydrogens (primary N) is 1. The highest BCUT2D eigenvalue weighted by Gasteiger charge is 2.30. The quantitative estimate of drug-likeness (QED) is 0.700. The third-order valence-corrected chi connectivity index (χ3v) is 3.35. The van der Waals surface area contributed by atoms with Gasteiger partial charge in [0.05, 0.1) is 19.0 Å². The molecule has 2 aliphatic rings. The Morgan fingerprint density at radius 3 is 3.00 bits per heavy atom. The molecule has 1 saturated heterocycles. The lowest BCUT2D eigenvalue weighted by atomic mass is 10.1. The third kappa shape index (κ3) is 2.78. The van der Waals surface area contributed by atoms with Crippen LogP contribution in [-0.4, -0.2) is 36.5 Å². The fourth-order valence-corrected chi connectivity index (χ4v) is 2.27. The van der Waals surface area contributed by atoms with Crippen molar-refractivity contribution in [3.05, 3.63) is 30.1 Å². The third-order valence-electron chi connectivity index (χ3n) is 3.35. The first-order chi connectivity index (χ1) is 9.76. The highest BCUT2D eigenvalue weighted by atomic mass is 16.5. The molecule has 2 atom stereocenters. The van der Waals surface area contributed by atoms with Gasteiger partial charge in [0.15, 0.2) is 5.96 Å². The smallest absolute Gasteiger partial charge is 0.213 e. The summed E-state index contributed by atoms with van der Waals surface area (Å²) in [4.78, 5) is 12.9. The lowest BCUT2D eigenvalue weighted by Gasteiger charge is -2.32. The Kier molecular flexibility index (Phi) is 3.62. The molecule has 4 N–H and O–H groups in total. The number of nitrogens with one attached hydrogen (secondary N) is 2. The molecule has 20 heavy (non-hydrogen) atoms. The van der Waals surface area contributed by atoms with Gasteiger partial charge in [-0.1, -0.05) is 0 Å². The largest absolute Gasteiger partial charge is 0.379 e. The van der Waals surface area contributed by atoms with Gasteiger partial charge in [0.2, 0.25) is 5.79 Å². The minimum atomic E-state index is -1.01. The highest BCUT2D eigenvalue weighted by Crippen LogP contribution is 2.17. The van der Waals surface area contributed by atoms with Crippen molar-refractivity contribution in [2.24, 2.45) is 15.7 Å². The highest BCUT2D eigenvalue weighted by molar-refractivity contribution is 5.92. The molecule has 1 fully saturated rings. The molecule has 0 radical (unpaired) electrons. The van der Waals surface area contributed by atoms with Gasteiger partial charge in [-0.2, -0.15) is 0 Å². The van der Waals surface area contributed by atoms with Crippen LogP contribution in [0.5, 0.6) is 0 Å². The standard InChI is InChI=1S/C13H18N6O/c14-13(10-3-5-15-6-4-10)17-9-16-12(19-13)18-11-2-1-7-20-8-11/h3-6,9,11H,1-2,7-8,14H2,(H2,16,17,18,19). The Labute approximate surface area is 117 Å². The van der Waals surface area contributed by atoms with Crippen LogP contribution in [0.25, 0.3) is 0 Å². The molecule has 7 heteroatoms. The van der Waals surface area contributed by atoms with Crippen LogP contribution >= 0.6 is 0 Å². The maximum Gasteiger partial charge on any atom is 0.213 e. The number of pyridine rings is 1. The molecule has 0 aromatic carbocycles. The molecule has 0 aliphatic carbocycles. The number of guanidine groups is 1. The Bertz CT molecular complexity index is 511. The van der Waals surface area contributed by atoms with Gasteiger partial charge in [-0.3, -0.25) is 10.7 Å². The summed E-state index contributed by atoms with van der Waals surface area (Å²) in [7, 11) is 0. The first kappa shape index (κ1) is 13.0. The molecule has 2 unspecified atom stereocenters. The van der Waals surface area contributed by atoms with Crippen LogP contribution in [0.3, 0.4) is 0 Å². The van der Waals surface area contributed by atoms with Crippen LogP contribution in [0, 0.1) is 0 Å². The Morgan fingerprint density at radius 1 is 1.40 bits per heavy atom. The maximum absolute atomic E-state index is 6.29. The summed E-state index contributed by atoms with van der Waals surface area (Å²) in [5.74, 6) is -0.391. The first-order valence-electron chi connectivity index (χ1n) is 6.70. The summed E-state index contributed by atoms with van der Waals surface area (Å²) in [5.41, 5.74) is 7.12. The lowest BCUT2D eigenvalue weighted by Crippen LogP contribution is -2.59. The lowest BCUT2D eigenvalue weighted by molar-refractivity contribution is 0.0826. The van der Waals surface area contributed by atoms with Crippen molar-refractivity contribution in [3.8, 4) is 0 Å². The number of nitrogens with zero attached hydrogens (tertiary/aromatic N) is 3. The van der Waals surface area contributed by atoms with E-state index in [0.29, 0.717) is 12.6 Å². The molecule has 0 amide bonds. The molecule has 7 nitrogen and oxygen atoms in total. The normalized spacial score (nSPS) is 31.6. The van der Waals surface area contributed by atoms with Crippen molar-refractivity contribution < 1.29 is 4.74 Å². The number of ether oxygens (including phenoxy) is 1. The number of aromatic nitrogens is 1. The van der Waals surface area contributed by atoms with Crippen LogP contribution in [0.15, 0.2) is 34.5 Å². The van der Waals surface area contributed by atoms with Crippen molar-refractivity contribution in [3.63, 3.8) is 0 Å². The molecule has 2 aliphatic heterocycles. The van der Waals surface area contributed by atoms with E-state index in [-0.39, 0.29) is 6.04 Å². The molecule has 3 rings (SSSR count). The number of hydrogen-bond donors (Lipinski definition) is 3. The monoisotopic (exact) mass is 274 g/mol. The molecular weight excluding hydrogens is 256 g/mol. The first-order valence-corrected chi connectivity index (χ1v) is 6.70. The topological polar surface area (TPSA) is 96.9 Å². The molecule has 106 valence electrons. The van der Waals surface area contributed by atoms with Crippen LogP contribution in [0.1, 0.15) is 18.4 Å². The summed E-state index contributed by atoms with van der Waals surface area (Å²) in [5, 5.41) is 6.12. The van der Waals surface area contributed by atoms with Crippen molar-refractivity contribution in [2.75, 3.05) is 13.2 Å². The van der Waals surface area contributed by atoms with Crippen LogP contribution in [-0.2, 0) is 10.5 Å².